The molecule has 0 rings (SSSR count). The van der Waals surface area contributed by atoms with Gasteiger partial charge in [-0.05, 0) is 0 Å². The zero-order chi connectivity index (χ0) is 21.8. The molecule has 0 N–H and O–H groups in total. The number of rotatable bonds is 14. The van der Waals surface area contributed by atoms with Crippen LogP contribution in [0.3, 0.4) is 0 Å². The van der Waals surface area contributed by atoms with Gasteiger partial charge in [-0.1, -0.05) is 0 Å². The van der Waals surface area contributed by atoms with Crippen LogP contribution in [0.4, 0.5) is 4.79 Å². The van der Waals surface area contributed by atoms with E-state index in [4.69, 9.17) is 4.74 Å². The molecule has 0 bridgehead atoms. The summed E-state index contributed by atoms with van der Waals surface area (Å²) < 4.78 is 10.1. The van der Waals surface area contributed by atoms with Crippen LogP contribution < -0.4 is 0 Å². The zero-order valence-corrected chi connectivity index (χ0v) is 23.3. The van der Waals surface area contributed by atoms with Crippen molar-refractivity contribution in [3.63, 3.8) is 0 Å². The van der Waals surface area contributed by atoms with Crippen molar-refractivity contribution in [3.8, 4) is 0 Å². The predicted molar refractivity (Wildman–Crippen MR) is 127 cm³/mol. The van der Waals surface area contributed by atoms with E-state index in [1.165, 1.54) is 51.8 Å². The van der Waals surface area contributed by atoms with Crippen LogP contribution >= 0.6 is 0 Å². The Labute approximate surface area is 180 Å². The van der Waals surface area contributed by atoms with Crippen molar-refractivity contribution in [1.82, 2.24) is 4.90 Å². The molecule has 0 heterocycles. The SMILES string of the molecule is C/C=C\[C](C)(OC(=O)N(C(C)C)C(C)C)[Sn]([CH2]CCC)([CH2]CCC)[CH2]CCC. The summed E-state index contributed by atoms with van der Waals surface area (Å²) in [4.78, 5) is 15.2. The molecule has 0 saturated carbocycles. The van der Waals surface area contributed by atoms with E-state index in [1.54, 1.807) is 0 Å². The van der Waals surface area contributed by atoms with Gasteiger partial charge in [-0.2, -0.15) is 0 Å². The fourth-order valence-electron chi connectivity index (χ4n) is 4.55. The zero-order valence-electron chi connectivity index (χ0n) is 20.4. The molecule has 0 aromatic rings. The molecule has 4 heteroatoms. The second-order valence-electron chi connectivity index (χ2n) is 9.16. The van der Waals surface area contributed by atoms with Crippen LogP contribution in [-0.2, 0) is 4.74 Å². The Morgan fingerprint density at radius 3 is 1.61 bits per heavy atom. The molecule has 0 aliphatic rings. The third-order valence-corrected chi connectivity index (χ3v) is 24.2. The van der Waals surface area contributed by atoms with Crippen molar-refractivity contribution in [2.24, 2.45) is 0 Å². The minimum atomic E-state index is -2.82. The summed E-state index contributed by atoms with van der Waals surface area (Å²) in [5.41, 5.74) is 0. The number of unbranched alkanes of at least 4 members (excludes halogenated alkanes) is 3. The van der Waals surface area contributed by atoms with E-state index < -0.39 is 18.4 Å². The summed E-state index contributed by atoms with van der Waals surface area (Å²) in [7, 11) is 0. The van der Waals surface area contributed by atoms with Gasteiger partial charge >= 0.3 is 181 Å². The van der Waals surface area contributed by atoms with Gasteiger partial charge in [0.2, 0.25) is 0 Å². The number of hydrogen-bond acceptors (Lipinski definition) is 2. The Balaban J connectivity index is 6.10. The first-order chi connectivity index (χ1) is 13.1. The van der Waals surface area contributed by atoms with E-state index in [9.17, 15) is 4.79 Å². The Morgan fingerprint density at radius 2 is 1.32 bits per heavy atom. The molecule has 0 aromatic heterocycles. The first-order valence-corrected chi connectivity index (χ1v) is 19.3. The van der Waals surface area contributed by atoms with Gasteiger partial charge in [0.05, 0.1) is 0 Å². The molecular formula is C24H49NO2Sn. The summed E-state index contributed by atoms with van der Waals surface area (Å²) in [6.07, 6.45) is 11.7. The van der Waals surface area contributed by atoms with Crippen molar-refractivity contribution < 1.29 is 9.53 Å². The summed E-state index contributed by atoms with van der Waals surface area (Å²) in [6, 6.07) is 0.294. The standard InChI is InChI=1S/C12H22NO2.3C4H9.Sn/c1-7-8-11(6)15-12(14)13(9(2)3)10(4)5;3*1-3-4-2;/h7-10H,1-6H3;3*1,3-4H2,2H3;/b8-7-;;;;. The van der Waals surface area contributed by atoms with E-state index in [2.05, 4.69) is 74.5 Å². The van der Waals surface area contributed by atoms with Crippen LogP contribution in [0.5, 0.6) is 0 Å². The van der Waals surface area contributed by atoms with E-state index in [-0.39, 0.29) is 21.8 Å². The van der Waals surface area contributed by atoms with E-state index in [0.29, 0.717) is 0 Å². The summed E-state index contributed by atoms with van der Waals surface area (Å²) >= 11 is -2.82. The fourth-order valence-corrected chi connectivity index (χ4v) is 22.1. The van der Waals surface area contributed by atoms with Gasteiger partial charge in [0.25, 0.3) is 0 Å². The van der Waals surface area contributed by atoms with Gasteiger partial charge < -0.3 is 0 Å². The van der Waals surface area contributed by atoms with Gasteiger partial charge in [-0.25, -0.2) is 0 Å². The number of nitrogens with zero attached hydrogens (tertiary/aromatic N) is 1. The van der Waals surface area contributed by atoms with Gasteiger partial charge in [0.15, 0.2) is 0 Å². The normalized spacial score (nSPS) is 14.7. The number of hydrogen-bond donors (Lipinski definition) is 0. The third kappa shape index (κ3) is 7.91. The second kappa shape index (κ2) is 13.9. The van der Waals surface area contributed by atoms with Crippen LogP contribution in [0.1, 0.15) is 101 Å². The molecule has 1 atom stereocenters. The summed E-state index contributed by atoms with van der Waals surface area (Å²) in [6.45, 7) is 19.5. The van der Waals surface area contributed by atoms with Crippen LogP contribution in [0.15, 0.2) is 12.2 Å². The average Bonchev–Trinajstić information content (AvgIpc) is 2.60. The summed E-state index contributed by atoms with van der Waals surface area (Å²) in [5, 5.41) is 0. The van der Waals surface area contributed by atoms with Gasteiger partial charge in [0, 0.05) is 0 Å². The fraction of sp³-hybridized carbons (Fsp3) is 0.875. The molecule has 28 heavy (non-hydrogen) atoms. The molecule has 0 aliphatic heterocycles. The van der Waals surface area contributed by atoms with Gasteiger partial charge in [0.1, 0.15) is 0 Å². The molecule has 166 valence electrons. The monoisotopic (exact) mass is 503 g/mol. The molecule has 0 spiro atoms. The Bertz CT molecular complexity index is 432. The van der Waals surface area contributed by atoms with Crippen LogP contribution in [0.2, 0.25) is 13.3 Å². The van der Waals surface area contributed by atoms with Gasteiger partial charge in [-0.3, -0.25) is 0 Å². The molecule has 1 amide bonds. The molecule has 0 aromatic carbocycles. The van der Waals surface area contributed by atoms with Gasteiger partial charge in [-0.15, -0.1) is 0 Å². The van der Waals surface area contributed by atoms with Crippen LogP contribution in [-0.4, -0.2) is 45.1 Å². The number of amides is 1. The van der Waals surface area contributed by atoms with E-state index >= 15 is 0 Å². The maximum absolute atomic E-state index is 13.3. The molecule has 3 nitrogen and oxygen atoms in total. The Morgan fingerprint density at radius 1 is 0.929 bits per heavy atom. The van der Waals surface area contributed by atoms with Crippen molar-refractivity contribution >= 4 is 24.5 Å². The summed E-state index contributed by atoms with van der Waals surface area (Å²) in [5.74, 6) is 0. The maximum atomic E-state index is 13.3. The number of carbonyl (C=O) groups is 1. The predicted octanol–water partition coefficient (Wildman–Crippen LogP) is 7.96. The first kappa shape index (κ1) is 27.8. The van der Waals surface area contributed by atoms with Crippen LogP contribution in [0.25, 0.3) is 0 Å². The first-order valence-electron chi connectivity index (χ1n) is 11.8. The van der Waals surface area contributed by atoms with Crippen molar-refractivity contribution in [1.29, 1.82) is 0 Å². The minimum absolute atomic E-state index is 0.129. The van der Waals surface area contributed by atoms with E-state index in [0.717, 1.165) is 0 Å². The van der Waals surface area contributed by atoms with Crippen molar-refractivity contribution in [2.75, 3.05) is 0 Å². The molecule has 0 saturated heterocycles. The number of ether oxygens (including phenoxy) is 1. The van der Waals surface area contributed by atoms with Crippen molar-refractivity contribution in [3.05, 3.63) is 12.2 Å². The number of allylic oxidation sites excluding steroid dienone is 1. The van der Waals surface area contributed by atoms with E-state index in [1.807, 2.05) is 4.90 Å². The Hall–Kier alpha value is -0.191. The number of carbonyl (C=O) groups excluding carboxylic acids is 1. The van der Waals surface area contributed by atoms with Crippen LogP contribution in [0, 0.1) is 0 Å². The Kier molecular flexibility index (Phi) is 13.8. The average molecular weight is 502 g/mol. The molecule has 0 fully saturated rings. The second-order valence-corrected chi connectivity index (χ2v) is 23.6. The molecule has 0 radical (unpaired) electrons. The molecule has 1 unspecified atom stereocenters. The molecule has 0 aliphatic carbocycles. The quantitative estimate of drug-likeness (QED) is 0.178. The third-order valence-electron chi connectivity index (χ3n) is 6.19. The topological polar surface area (TPSA) is 29.5 Å². The molecular weight excluding hydrogens is 453 g/mol. The van der Waals surface area contributed by atoms with Crippen molar-refractivity contribution in [2.45, 2.75) is 130 Å².